The van der Waals surface area contributed by atoms with Crippen LogP contribution in [-0.4, -0.2) is 24.2 Å². The lowest BCUT2D eigenvalue weighted by atomic mass is 10.3. The van der Waals surface area contributed by atoms with Gasteiger partial charge in [-0.3, -0.25) is 4.57 Å². The van der Waals surface area contributed by atoms with Crippen LogP contribution in [-0.2, 0) is 11.5 Å². The summed E-state index contributed by atoms with van der Waals surface area (Å²) in [6.07, 6.45) is 1.82. The van der Waals surface area contributed by atoms with Crippen LogP contribution in [0.1, 0.15) is 0 Å². The van der Waals surface area contributed by atoms with E-state index in [0.29, 0.717) is 6.73 Å². The van der Waals surface area contributed by atoms with Crippen molar-refractivity contribution in [3.63, 3.8) is 0 Å². The molecule has 2 aromatic heterocycles. The summed E-state index contributed by atoms with van der Waals surface area (Å²) in [5.41, 5.74) is 0.978. The number of halogens is 2. The molecular weight excluding hydrogens is 435 g/mol. The molecule has 0 saturated carbocycles. The predicted octanol–water partition coefficient (Wildman–Crippen LogP) is 4.72. The number of hydrogen-bond donors (Lipinski definition) is 0. The van der Waals surface area contributed by atoms with Crippen LogP contribution in [0.15, 0.2) is 22.8 Å². The maximum Gasteiger partial charge on any atom is 0.143 e. The molecule has 0 atom stereocenters. The average molecular weight is 453 g/mol. The Morgan fingerprint density at radius 3 is 2.84 bits per heavy atom. The van der Waals surface area contributed by atoms with Crippen molar-refractivity contribution < 1.29 is 4.74 Å². The summed E-state index contributed by atoms with van der Waals surface area (Å²) >= 11 is 5.89. The predicted molar refractivity (Wildman–Crippen MR) is 94.3 cm³/mol. The van der Waals surface area contributed by atoms with Gasteiger partial charge in [0.25, 0.3) is 0 Å². The Kier molecular flexibility index (Phi) is 5.08. The molecule has 0 spiro atoms. The van der Waals surface area contributed by atoms with E-state index in [1.54, 1.807) is 0 Å². The fraction of sp³-hybridized carbons (Fsp3) is 0.462. The molecule has 0 N–H and O–H groups in total. The fourth-order valence-electron chi connectivity index (χ4n) is 1.74. The van der Waals surface area contributed by atoms with E-state index in [9.17, 15) is 0 Å². The minimum absolute atomic E-state index is 0.579. The van der Waals surface area contributed by atoms with Gasteiger partial charge in [0.1, 0.15) is 12.4 Å². The van der Waals surface area contributed by atoms with Gasteiger partial charge in [0.05, 0.1) is 3.70 Å². The molecule has 0 aromatic carbocycles. The molecule has 0 aliphatic rings. The van der Waals surface area contributed by atoms with Crippen molar-refractivity contribution in [2.24, 2.45) is 0 Å². The first-order valence-corrected chi connectivity index (χ1v) is 11.8. The van der Waals surface area contributed by atoms with Crippen LogP contribution < -0.4 is 0 Å². The fourth-order valence-corrected chi connectivity index (χ4v) is 3.59. The maximum atomic E-state index is 5.82. The molecule has 0 unspecified atom stereocenters. The van der Waals surface area contributed by atoms with Gasteiger partial charge in [-0.25, -0.2) is 4.98 Å². The van der Waals surface area contributed by atoms with Gasteiger partial charge in [-0.05, 0) is 56.7 Å². The second-order valence-corrected chi connectivity index (χ2v) is 13.4. The number of aromatic nitrogens is 2. The molecule has 104 valence electrons. The monoisotopic (exact) mass is 452 g/mol. The third kappa shape index (κ3) is 4.02. The second kappa shape index (κ2) is 6.24. The molecule has 6 heteroatoms. The topological polar surface area (TPSA) is 27.1 Å². The highest BCUT2D eigenvalue weighted by Gasteiger charge is 2.13. The molecule has 0 saturated heterocycles. The van der Waals surface area contributed by atoms with Gasteiger partial charge in [-0.15, -0.1) is 0 Å². The first-order chi connectivity index (χ1) is 8.88. The third-order valence-electron chi connectivity index (χ3n) is 2.91. The van der Waals surface area contributed by atoms with Crippen LogP contribution in [0, 0.1) is 3.70 Å². The summed E-state index contributed by atoms with van der Waals surface area (Å²) in [6.45, 7) is 8.51. The van der Waals surface area contributed by atoms with Gasteiger partial charge in [-0.2, -0.15) is 0 Å². The zero-order valence-electron chi connectivity index (χ0n) is 11.4. The summed E-state index contributed by atoms with van der Waals surface area (Å²) in [4.78, 5) is 4.45. The Hall–Kier alpha value is 0.0769. The lowest BCUT2D eigenvalue weighted by molar-refractivity contribution is 0.0883. The Bertz CT molecular complexity index is 580. The summed E-state index contributed by atoms with van der Waals surface area (Å²) in [7, 11) is -1.01. The molecule has 0 radical (unpaired) electrons. The molecule has 19 heavy (non-hydrogen) atoms. The van der Waals surface area contributed by atoms with E-state index < -0.39 is 8.07 Å². The molecule has 0 fully saturated rings. The minimum Gasteiger partial charge on any atom is -0.361 e. The van der Waals surface area contributed by atoms with Crippen molar-refractivity contribution in [3.8, 4) is 0 Å². The van der Waals surface area contributed by atoms with Crippen LogP contribution in [0.5, 0.6) is 0 Å². The van der Waals surface area contributed by atoms with Crippen molar-refractivity contribution >= 4 is 57.6 Å². The van der Waals surface area contributed by atoms with E-state index in [1.165, 1.54) is 6.04 Å². The Morgan fingerprint density at radius 1 is 1.42 bits per heavy atom. The van der Waals surface area contributed by atoms with Crippen molar-refractivity contribution in [3.05, 3.63) is 26.5 Å². The van der Waals surface area contributed by atoms with Crippen molar-refractivity contribution in [2.75, 3.05) is 6.61 Å². The van der Waals surface area contributed by atoms with Gasteiger partial charge in [-0.1, -0.05) is 19.6 Å². The molecule has 2 aromatic rings. The standard InChI is InChI=1S/C13H18BrIN2OSi/c1-19(2,3)7-6-18-9-17-12(15)8-10-11(14)4-5-16-13(10)17/h4-5,8H,6-7,9H2,1-3H3. The van der Waals surface area contributed by atoms with E-state index in [2.05, 4.69) is 73.8 Å². The number of pyridine rings is 1. The van der Waals surface area contributed by atoms with Crippen molar-refractivity contribution in [1.29, 1.82) is 0 Å². The molecule has 0 aliphatic heterocycles. The van der Waals surface area contributed by atoms with E-state index in [4.69, 9.17) is 4.74 Å². The molecule has 0 amide bonds. The summed E-state index contributed by atoms with van der Waals surface area (Å²) in [5.74, 6) is 0. The number of rotatable bonds is 5. The number of nitrogens with zero attached hydrogens (tertiary/aromatic N) is 2. The normalized spacial score (nSPS) is 12.3. The summed E-state index contributed by atoms with van der Waals surface area (Å²) in [5, 5.41) is 1.14. The van der Waals surface area contributed by atoms with Gasteiger partial charge >= 0.3 is 0 Å². The summed E-state index contributed by atoms with van der Waals surface area (Å²) < 4.78 is 10.2. The number of ether oxygens (including phenoxy) is 1. The molecular formula is C13H18BrIN2OSi. The van der Waals surface area contributed by atoms with Crippen LogP contribution in [0.4, 0.5) is 0 Å². The van der Waals surface area contributed by atoms with E-state index >= 15 is 0 Å². The lowest BCUT2D eigenvalue weighted by Gasteiger charge is -2.16. The van der Waals surface area contributed by atoms with Crippen molar-refractivity contribution in [1.82, 2.24) is 9.55 Å². The lowest BCUT2D eigenvalue weighted by Crippen LogP contribution is -2.22. The number of fused-ring (bicyclic) bond motifs is 1. The zero-order chi connectivity index (χ0) is 14.0. The molecule has 2 rings (SSSR count). The third-order valence-corrected chi connectivity index (χ3v) is 6.20. The van der Waals surface area contributed by atoms with Crippen LogP contribution in [0.3, 0.4) is 0 Å². The highest BCUT2D eigenvalue weighted by molar-refractivity contribution is 14.1. The van der Waals surface area contributed by atoms with Crippen molar-refractivity contribution in [2.45, 2.75) is 32.4 Å². The average Bonchev–Trinajstić information content (AvgIpc) is 2.62. The van der Waals surface area contributed by atoms with E-state index in [0.717, 1.165) is 25.8 Å². The van der Waals surface area contributed by atoms with E-state index in [-0.39, 0.29) is 0 Å². The first-order valence-electron chi connectivity index (χ1n) is 6.25. The molecule has 0 bridgehead atoms. The minimum atomic E-state index is -1.01. The van der Waals surface area contributed by atoms with Gasteiger partial charge in [0, 0.05) is 30.7 Å². The second-order valence-electron chi connectivity index (χ2n) is 5.77. The highest BCUT2D eigenvalue weighted by Crippen LogP contribution is 2.26. The molecule has 0 aliphatic carbocycles. The Morgan fingerprint density at radius 2 is 2.16 bits per heavy atom. The Balaban J connectivity index is 2.09. The smallest absolute Gasteiger partial charge is 0.143 e. The number of hydrogen-bond acceptors (Lipinski definition) is 2. The highest BCUT2D eigenvalue weighted by atomic mass is 127. The first kappa shape index (κ1) is 15.5. The van der Waals surface area contributed by atoms with Gasteiger partial charge < -0.3 is 4.74 Å². The van der Waals surface area contributed by atoms with E-state index in [1.807, 2.05) is 12.3 Å². The Labute approximate surface area is 137 Å². The maximum absolute atomic E-state index is 5.82. The quantitative estimate of drug-likeness (QED) is 0.373. The summed E-state index contributed by atoms with van der Waals surface area (Å²) in [6, 6.07) is 5.30. The van der Waals surface area contributed by atoms with Gasteiger partial charge in [0.2, 0.25) is 0 Å². The van der Waals surface area contributed by atoms with Gasteiger partial charge in [0.15, 0.2) is 0 Å². The SMILES string of the molecule is C[Si](C)(C)CCOCn1c(I)cc2c(Br)ccnc21. The molecule has 3 nitrogen and oxygen atoms in total. The van der Waals surface area contributed by atoms with Crippen LogP contribution in [0.25, 0.3) is 11.0 Å². The van der Waals surface area contributed by atoms with Crippen LogP contribution in [0.2, 0.25) is 25.7 Å². The molecule has 2 heterocycles. The zero-order valence-corrected chi connectivity index (χ0v) is 16.2. The largest absolute Gasteiger partial charge is 0.361 e. The van der Waals surface area contributed by atoms with Crippen LogP contribution >= 0.6 is 38.5 Å².